The van der Waals surface area contributed by atoms with Gasteiger partial charge in [0.15, 0.2) is 5.69 Å². The number of hydrogen-bond acceptors (Lipinski definition) is 5. The maximum absolute atomic E-state index is 10.7. The van der Waals surface area contributed by atoms with Crippen LogP contribution in [0.15, 0.2) is 10.7 Å². The fourth-order valence-corrected chi connectivity index (χ4v) is 1.87. The number of aromatic carboxylic acids is 1. The zero-order chi connectivity index (χ0) is 12.3. The molecule has 17 heavy (non-hydrogen) atoms. The number of aromatic nitrogens is 1. The lowest BCUT2D eigenvalue weighted by Gasteiger charge is -2.36. The van der Waals surface area contributed by atoms with E-state index in [1.54, 1.807) is 0 Å². The number of nitrogens with zero attached hydrogens (tertiary/aromatic N) is 2. The van der Waals surface area contributed by atoms with E-state index in [0.717, 1.165) is 19.1 Å². The smallest absolute Gasteiger partial charge is 0.357 e. The van der Waals surface area contributed by atoms with Gasteiger partial charge >= 0.3 is 5.97 Å². The number of carboxylic acid groups (broad SMARTS) is 1. The topological polar surface area (TPSA) is 86.8 Å². The molecule has 0 aromatic carbocycles. The van der Waals surface area contributed by atoms with Gasteiger partial charge in [0, 0.05) is 19.2 Å². The Labute approximate surface area is 98.9 Å². The van der Waals surface area contributed by atoms with Crippen LogP contribution in [0.4, 0.5) is 6.01 Å². The average Bonchev–Trinajstić information content (AvgIpc) is 2.70. The highest BCUT2D eigenvalue weighted by Crippen LogP contribution is 2.29. The largest absolute Gasteiger partial charge is 0.476 e. The molecule has 0 saturated heterocycles. The van der Waals surface area contributed by atoms with Gasteiger partial charge in [-0.25, -0.2) is 4.79 Å². The Morgan fingerprint density at radius 3 is 2.82 bits per heavy atom. The Morgan fingerprint density at radius 2 is 2.35 bits per heavy atom. The maximum Gasteiger partial charge on any atom is 0.357 e. The molecule has 6 heteroatoms. The molecule has 0 aliphatic heterocycles. The summed E-state index contributed by atoms with van der Waals surface area (Å²) in [5.74, 6) is -1.09. The van der Waals surface area contributed by atoms with Gasteiger partial charge in [0.2, 0.25) is 0 Å². The molecule has 0 atom stereocenters. The Bertz CT molecular complexity index is 387. The van der Waals surface area contributed by atoms with Gasteiger partial charge in [0.1, 0.15) is 6.26 Å². The molecule has 1 aromatic heterocycles. The molecule has 1 aliphatic carbocycles. The van der Waals surface area contributed by atoms with Crippen LogP contribution >= 0.6 is 0 Å². The van der Waals surface area contributed by atoms with Crippen LogP contribution in [0, 0.1) is 0 Å². The molecule has 1 fully saturated rings. The fourth-order valence-electron chi connectivity index (χ4n) is 1.87. The monoisotopic (exact) mass is 240 g/mol. The van der Waals surface area contributed by atoms with Crippen molar-refractivity contribution in [1.29, 1.82) is 0 Å². The van der Waals surface area contributed by atoms with E-state index >= 15 is 0 Å². The third kappa shape index (κ3) is 2.58. The third-order valence-corrected chi connectivity index (χ3v) is 3.03. The lowest BCUT2D eigenvalue weighted by atomic mass is 9.91. The molecule has 0 bridgehead atoms. The van der Waals surface area contributed by atoms with Gasteiger partial charge in [-0.3, -0.25) is 0 Å². The lowest BCUT2D eigenvalue weighted by molar-refractivity contribution is 0.0690. The molecule has 0 radical (unpaired) electrons. The summed E-state index contributed by atoms with van der Waals surface area (Å²) >= 11 is 0. The second kappa shape index (κ2) is 5.18. The van der Waals surface area contributed by atoms with Gasteiger partial charge in [0.25, 0.3) is 6.01 Å². The van der Waals surface area contributed by atoms with E-state index in [2.05, 4.69) is 4.98 Å². The minimum atomic E-state index is -1.09. The van der Waals surface area contributed by atoms with E-state index in [-0.39, 0.29) is 12.3 Å². The van der Waals surface area contributed by atoms with Crippen molar-refractivity contribution in [1.82, 2.24) is 4.98 Å². The van der Waals surface area contributed by atoms with Crippen LogP contribution in [0.1, 0.15) is 36.2 Å². The van der Waals surface area contributed by atoms with Gasteiger partial charge in [-0.1, -0.05) is 0 Å². The summed E-state index contributed by atoms with van der Waals surface area (Å²) in [7, 11) is 0. The van der Waals surface area contributed by atoms with Crippen molar-refractivity contribution >= 4 is 12.0 Å². The summed E-state index contributed by atoms with van der Waals surface area (Å²) in [4.78, 5) is 16.6. The predicted molar refractivity (Wildman–Crippen MR) is 60.2 cm³/mol. The van der Waals surface area contributed by atoms with Gasteiger partial charge in [-0.15, -0.1) is 0 Å². The Kier molecular flexibility index (Phi) is 3.63. The molecule has 0 amide bonds. The molecular weight excluding hydrogens is 224 g/mol. The maximum atomic E-state index is 10.7. The van der Waals surface area contributed by atoms with E-state index in [0.29, 0.717) is 25.0 Å². The number of carboxylic acids is 1. The SMILES string of the molecule is O=C(O)c1coc(N(CCCO)C2CCC2)n1. The first-order valence-electron chi connectivity index (χ1n) is 5.78. The number of hydrogen-bond donors (Lipinski definition) is 2. The van der Waals surface area contributed by atoms with Crippen molar-refractivity contribution in [2.45, 2.75) is 31.7 Å². The van der Waals surface area contributed by atoms with Crippen LogP contribution in [0.2, 0.25) is 0 Å². The van der Waals surface area contributed by atoms with Gasteiger partial charge < -0.3 is 19.5 Å². The first kappa shape index (κ1) is 11.9. The van der Waals surface area contributed by atoms with Gasteiger partial charge in [-0.2, -0.15) is 4.98 Å². The molecule has 1 aliphatic rings. The van der Waals surface area contributed by atoms with Crippen LogP contribution in [0.5, 0.6) is 0 Å². The molecule has 2 N–H and O–H groups in total. The first-order valence-corrected chi connectivity index (χ1v) is 5.78. The third-order valence-electron chi connectivity index (χ3n) is 3.03. The second-order valence-electron chi connectivity index (χ2n) is 4.18. The Morgan fingerprint density at radius 1 is 1.59 bits per heavy atom. The number of aliphatic hydroxyl groups excluding tert-OH is 1. The average molecular weight is 240 g/mol. The van der Waals surface area contributed by atoms with Crippen LogP contribution in [-0.2, 0) is 0 Å². The zero-order valence-corrected chi connectivity index (χ0v) is 9.50. The highest BCUT2D eigenvalue weighted by atomic mass is 16.4. The van der Waals surface area contributed by atoms with Crippen molar-refractivity contribution in [2.24, 2.45) is 0 Å². The van der Waals surface area contributed by atoms with E-state index in [1.165, 1.54) is 6.42 Å². The number of aliphatic hydroxyl groups is 1. The van der Waals surface area contributed by atoms with Gasteiger partial charge in [-0.05, 0) is 25.7 Å². The highest BCUT2D eigenvalue weighted by molar-refractivity contribution is 5.85. The Hall–Kier alpha value is -1.56. The minimum Gasteiger partial charge on any atom is -0.476 e. The summed E-state index contributed by atoms with van der Waals surface area (Å²) in [6, 6.07) is 0.711. The van der Waals surface area contributed by atoms with Crippen LogP contribution in [0.25, 0.3) is 0 Å². The van der Waals surface area contributed by atoms with Gasteiger partial charge in [0.05, 0.1) is 0 Å². The molecule has 6 nitrogen and oxygen atoms in total. The van der Waals surface area contributed by atoms with E-state index in [1.807, 2.05) is 4.90 Å². The van der Waals surface area contributed by atoms with Crippen LogP contribution in [0.3, 0.4) is 0 Å². The summed E-state index contributed by atoms with van der Waals surface area (Å²) in [5.41, 5.74) is -0.0756. The predicted octanol–water partition coefficient (Wildman–Crippen LogP) is 1.11. The molecule has 1 aromatic rings. The number of oxazole rings is 1. The number of rotatable bonds is 6. The van der Waals surface area contributed by atoms with Crippen LogP contribution in [-0.4, -0.2) is 40.4 Å². The summed E-state index contributed by atoms with van der Waals surface area (Å²) in [6.45, 7) is 0.746. The Balaban J connectivity index is 2.09. The molecule has 2 rings (SSSR count). The number of anilines is 1. The standard InChI is InChI=1S/C11H16N2O4/c14-6-2-5-13(8-3-1-4-8)11-12-9(7-17-11)10(15)16/h7-8,14H,1-6H2,(H,15,16). The summed E-state index contributed by atoms with van der Waals surface area (Å²) in [6.07, 6.45) is 5.09. The quantitative estimate of drug-likeness (QED) is 0.774. The lowest BCUT2D eigenvalue weighted by Crippen LogP contribution is -2.41. The first-order chi connectivity index (χ1) is 8.22. The van der Waals surface area contributed by atoms with Crippen molar-refractivity contribution in [3.63, 3.8) is 0 Å². The summed E-state index contributed by atoms with van der Waals surface area (Å²) < 4.78 is 5.19. The van der Waals surface area contributed by atoms with Crippen molar-refractivity contribution < 1.29 is 19.4 Å². The molecule has 1 heterocycles. The van der Waals surface area contributed by atoms with Crippen molar-refractivity contribution in [3.05, 3.63) is 12.0 Å². The molecule has 0 unspecified atom stereocenters. The highest BCUT2D eigenvalue weighted by Gasteiger charge is 2.28. The van der Waals surface area contributed by atoms with E-state index in [4.69, 9.17) is 14.6 Å². The number of carbonyl (C=O) groups is 1. The zero-order valence-electron chi connectivity index (χ0n) is 9.50. The second-order valence-corrected chi connectivity index (χ2v) is 4.18. The van der Waals surface area contributed by atoms with Crippen molar-refractivity contribution in [2.75, 3.05) is 18.1 Å². The molecular formula is C11H16N2O4. The van der Waals surface area contributed by atoms with Crippen LogP contribution < -0.4 is 4.90 Å². The van der Waals surface area contributed by atoms with E-state index < -0.39 is 5.97 Å². The summed E-state index contributed by atoms with van der Waals surface area (Å²) in [5, 5.41) is 17.6. The normalized spacial score (nSPS) is 15.6. The molecule has 0 spiro atoms. The molecule has 94 valence electrons. The van der Waals surface area contributed by atoms with Crippen molar-refractivity contribution in [3.8, 4) is 0 Å². The minimum absolute atomic E-state index is 0.0756. The van der Waals surface area contributed by atoms with E-state index in [9.17, 15) is 4.79 Å². The fraction of sp³-hybridized carbons (Fsp3) is 0.636. The molecule has 1 saturated carbocycles.